The number of amides is 3. The summed E-state index contributed by atoms with van der Waals surface area (Å²) in [6, 6.07) is 17.0. The largest absolute Gasteiger partial charge is 0.349 e. The van der Waals surface area contributed by atoms with Gasteiger partial charge >= 0.3 is 0 Å². The summed E-state index contributed by atoms with van der Waals surface area (Å²) in [6.45, 7) is 8.22. The van der Waals surface area contributed by atoms with Crippen LogP contribution in [0.1, 0.15) is 54.0 Å². The summed E-state index contributed by atoms with van der Waals surface area (Å²) in [7, 11) is 0. The minimum absolute atomic E-state index is 0.0741. The molecule has 3 amide bonds. The molecule has 1 unspecified atom stereocenters. The molecule has 0 aliphatic heterocycles. The Balaban J connectivity index is 1.57. The maximum absolute atomic E-state index is 13.1. The molecule has 7 nitrogen and oxygen atoms in total. The highest BCUT2D eigenvalue weighted by Gasteiger charge is 2.22. The van der Waals surface area contributed by atoms with E-state index in [4.69, 9.17) is 0 Å². The molecule has 0 aliphatic rings. The molecule has 0 radical (unpaired) electrons. The third-order valence-electron chi connectivity index (χ3n) is 5.40. The van der Waals surface area contributed by atoms with Crippen LogP contribution in [0.4, 0.5) is 5.13 Å². The normalized spacial score (nSPS) is 11.7. The summed E-state index contributed by atoms with van der Waals surface area (Å²) >= 11 is 1.26. The number of benzene rings is 2. The monoisotopic (exact) mass is 492 g/mol. The maximum Gasteiger partial charge on any atom is 0.254 e. The number of nitrogens with one attached hydrogen (secondary N) is 2. The smallest absolute Gasteiger partial charge is 0.254 e. The minimum atomic E-state index is -0.323. The maximum atomic E-state index is 13.1. The van der Waals surface area contributed by atoms with Gasteiger partial charge < -0.3 is 15.5 Å². The zero-order chi connectivity index (χ0) is 25.4. The Labute approximate surface area is 210 Å². The predicted octanol–water partition coefficient (Wildman–Crippen LogP) is 4.61. The molecule has 184 valence electrons. The van der Waals surface area contributed by atoms with E-state index in [1.54, 1.807) is 16.3 Å². The van der Waals surface area contributed by atoms with Gasteiger partial charge in [-0.25, -0.2) is 4.98 Å². The number of hydrogen-bond acceptors (Lipinski definition) is 5. The molecular formula is C27H32N4O3S. The van der Waals surface area contributed by atoms with Gasteiger partial charge in [0.2, 0.25) is 11.8 Å². The summed E-state index contributed by atoms with van der Waals surface area (Å²) in [5.41, 5.74) is 3.07. The summed E-state index contributed by atoms with van der Waals surface area (Å²) < 4.78 is 0. The molecule has 0 bridgehead atoms. The van der Waals surface area contributed by atoms with Crippen molar-refractivity contribution < 1.29 is 14.4 Å². The molecular weight excluding hydrogens is 460 g/mol. The van der Waals surface area contributed by atoms with E-state index >= 15 is 0 Å². The van der Waals surface area contributed by atoms with Crippen LogP contribution in [-0.4, -0.2) is 40.7 Å². The second-order valence-corrected chi connectivity index (χ2v) is 9.82. The van der Waals surface area contributed by atoms with Crippen molar-refractivity contribution in [1.29, 1.82) is 0 Å². The SMILES string of the molecule is Cc1ccccc1C(=O)N(CC(=O)Nc1nc(CC(=O)NC(C)c2ccccc2)cs1)CC(C)C. The summed E-state index contributed by atoms with van der Waals surface area (Å²) in [5, 5.41) is 7.90. The second-order valence-electron chi connectivity index (χ2n) is 8.96. The molecule has 35 heavy (non-hydrogen) atoms. The van der Waals surface area contributed by atoms with Gasteiger partial charge in [-0.15, -0.1) is 11.3 Å². The van der Waals surface area contributed by atoms with Crippen LogP contribution in [0.3, 0.4) is 0 Å². The number of aromatic nitrogens is 1. The Morgan fingerprint density at radius 2 is 1.66 bits per heavy atom. The van der Waals surface area contributed by atoms with Crippen LogP contribution in [0.5, 0.6) is 0 Å². The molecule has 0 saturated carbocycles. The molecule has 1 atom stereocenters. The third kappa shape index (κ3) is 7.75. The molecule has 3 aromatic rings. The average molecular weight is 493 g/mol. The van der Waals surface area contributed by atoms with Crippen molar-refractivity contribution in [2.75, 3.05) is 18.4 Å². The summed E-state index contributed by atoms with van der Waals surface area (Å²) in [4.78, 5) is 44.2. The van der Waals surface area contributed by atoms with Gasteiger partial charge in [0.1, 0.15) is 6.54 Å². The molecule has 1 heterocycles. The van der Waals surface area contributed by atoms with Gasteiger partial charge in [0, 0.05) is 17.5 Å². The predicted molar refractivity (Wildman–Crippen MR) is 139 cm³/mol. The standard InChI is InChI=1S/C27H32N4O3S/c1-18(2)15-31(26(34)23-13-9-8-10-19(23)3)16-25(33)30-27-29-22(17-35-27)14-24(32)28-20(4)21-11-6-5-7-12-21/h5-13,17-18,20H,14-16H2,1-4H3,(H,28,32)(H,29,30,33). The first kappa shape index (κ1) is 26.1. The lowest BCUT2D eigenvalue weighted by molar-refractivity contribution is -0.121. The van der Waals surface area contributed by atoms with E-state index in [0.717, 1.165) is 11.1 Å². The van der Waals surface area contributed by atoms with Crippen LogP contribution in [0.2, 0.25) is 0 Å². The number of aryl methyl sites for hydroxylation is 1. The van der Waals surface area contributed by atoms with Crippen molar-refractivity contribution in [2.45, 2.75) is 40.2 Å². The quantitative estimate of drug-likeness (QED) is 0.432. The van der Waals surface area contributed by atoms with Crippen LogP contribution in [0.15, 0.2) is 60.0 Å². The van der Waals surface area contributed by atoms with Crippen molar-refractivity contribution in [1.82, 2.24) is 15.2 Å². The van der Waals surface area contributed by atoms with E-state index in [9.17, 15) is 14.4 Å². The number of thiazole rings is 1. The fraction of sp³-hybridized carbons (Fsp3) is 0.333. The van der Waals surface area contributed by atoms with Crippen LogP contribution < -0.4 is 10.6 Å². The lowest BCUT2D eigenvalue weighted by Crippen LogP contribution is -2.40. The van der Waals surface area contributed by atoms with Gasteiger partial charge in [-0.05, 0) is 37.0 Å². The molecule has 0 aliphatic carbocycles. The molecule has 2 N–H and O–H groups in total. The van der Waals surface area contributed by atoms with Gasteiger partial charge in [-0.3, -0.25) is 14.4 Å². The number of rotatable bonds is 10. The molecule has 0 saturated heterocycles. The Bertz CT molecular complexity index is 1160. The van der Waals surface area contributed by atoms with Crippen LogP contribution >= 0.6 is 11.3 Å². The van der Waals surface area contributed by atoms with E-state index in [1.165, 1.54) is 11.3 Å². The van der Waals surface area contributed by atoms with E-state index in [1.807, 2.05) is 76.2 Å². The molecule has 1 aromatic heterocycles. The Kier molecular flexibility index (Phi) is 9.14. The second kappa shape index (κ2) is 12.3. The Morgan fingerprint density at radius 1 is 0.971 bits per heavy atom. The van der Waals surface area contributed by atoms with Crippen molar-refractivity contribution in [2.24, 2.45) is 5.92 Å². The third-order valence-corrected chi connectivity index (χ3v) is 6.21. The van der Waals surface area contributed by atoms with E-state index in [-0.39, 0.29) is 42.6 Å². The number of hydrogen-bond donors (Lipinski definition) is 2. The van der Waals surface area contributed by atoms with Crippen molar-refractivity contribution in [3.63, 3.8) is 0 Å². The van der Waals surface area contributed by atoms with Gasteiger partial charge in [-0.1, -0.05) is 62.4 Å². The van der Waals surface area contributed by atoms with Crippen LogP contribution in [0, 0.1) is 12.8 Å². The number of carbonyl (C=O) groups excluding carboxylic acids is 3. The number of carbonyl (C=O) groups is 3. The Morgan fingerprint density at radius 3 is 2.34 bits per heavy atom. The average Bonchev–Trinajstić information content (AvgIpc) is 3.24. The Hall–Kier alpha value is -3.52. The first-order valence-electron chi connectivity index (χ1n) is 11.7. The van der Waals surface area contributed by atoms with Gasteiger partial charge in [0.25, 0.3) is 5.91 Å². The van der Waals surface area contributed by atoms with Crippen LogP contribution in [0.25, 0.3) is 0 Å². The van der Waals surface area contributed by atoms with Crippen LogP contribution in [-0.2, 0) is 16.0 Å². The first-order valence-corrected chi connectivity index (χ1v) is 12.5. The molecule has 0 spiro atoms. The molecule has 8 heteroatoms. The summed E-state index contributed by atoms with van der Waals surface area (Å²) in [5.74, 6) is -0.429. The number of nitrogens with zero attached hydrogens (tertiary/aromatic N) is 2. The van der Waals surface area contributed by atoms with Gasteiger partial charge in [0.05, 0.1) is 18.2 Å². The highest BCUT2D eigenvalue weighted by atomic mass is 32.1. The molecule has 0 fully saturated rings. The van der Waals surface area contributed by atoms with Crippen molar-refractivity contribution >= 4 is 34.2 Å². The van der Waals surface area contributed by atoms with E-state index in [2.05, 4.69) is 15.6 Å². The topological polar surface area (TPSA) is 91.4 Å². The molecule has 2 aromatic carbocycles. The van der Waals surface area contributed by atoms with Gasteiger partial charge in [-0.2, -0.15) is 0 Å². The fourth-order valence-electron chi connectivity index (χ4n) is 3.70. The first-order chi connectivity index (χ1) is 16.7. The minimum Gasteiger partial charge on any atom is -0.349 e. The fourth-order valence-corrected chi connectivity index (χ4v) is 4.43. The van der Waals surface area contributed by atoms with Crippen molar-refractivity contribution in [3.05, 3.63) is 82.4 Å². The number of anilines is 1. The van der Waals surface area contributed by atoms with Crippen molar-refractivity contribution in [3.8, 4) is 0 Å². The van der Waals surface area contributed by atoms with Gasteiger partial charge in [0.15, 0.2) is 5.13 Å². The van der Waals surface area contributed by atoms with E-state index < -0.39 is 0 Å². The summed E-state index contributed by atoms with van der Waals surface area (Å²) in [6.07, 6.45) is 0.120. The highest BCUT2D eigenvalue weighted by Crippen LogP contribution is 2.18. The lowest BCUT2D eigenvalue weighted by Gasteiger charge is -2.24. The van der Waals surface area contributed by atoms with E-state index in [0.29, 0.717) is 22.9 Å². The zero-order valence-corrected chi connectivity index (χ0v) is 21.4. The molecule has 3 rings (SSSR count). The highest BCUT2D eigenvalue weighted by molar-refractivity contribution is 7.13. The zero-order valence-electron chi connectivity index (χ0n) is 20.6. The lowest BCUT2D eigenvalue weighted by atomic mass is 10.1.